The fourth-order valence-electron chi connectivity index (χ4n) is 4.98. The van der Waals surface area contributed by atoms with Gasteiger partial charge in [0.2, 0.25) is 0 Å². The summed E-state index contributed by atoms with van der Waals surface area (Å²) in [6.07, 6.45) is 6.10. The number of nitrogens with zero attached hydrogens (tertiary/aromatic N) is 2. The second-order valence-electron chi connectivity index (χ2n) is 9.95. The maximum absolute atomic E-state index is 13.3. The first-order valence-corrected chi connectivity index (χ1v) is 14.2. The first kappa shape index (κ1) is 25.8. The summed E-state index contributed by atoms with van der Waals surface area (Å²) in [4.78, 5) is 17.3. The molecule has 0 saturated heterocycles. The minimum Gasteiger partial charge on any atom is -0.507 e. The fourth-order valence-corrected chi connectivity index (χ4v) is 6.01. The predicted octanol–water partition coefficient (Wildman–Crippen LogP) is 5.16. The molecule has 8 nitrogen and oxygen atoms in total. The molecule has 1 saturated carbocycles. The molecule has 4 aromatic rings. The second-order valence-corrected chi connectivity index (χ2v) is 11.6. The lowest BCUT2D eigenvalue weighted by atomic mass is 9.86. The molecule has 0 aliphatic heterocycles. The predicted molar refractivity (Wildman–Crippen MR) is 145 cm³/mol. The molecule has 0 spiro atoms. The molecule has 9 heteroatoms. The zero-order chi connectivity index (χ0) is 26.9. The molecule has 5 rings (SSSR count). The Hall–Kier alpha value is -3.85. The van der Waals surface area contributed by atoms with Gasteiger partial charge < -0.3 is 14.1 Å². The van der Waals surface area contributed by atoms with Gasteiger partial charge in [-0.3, -0.25) is 4.72 Å². The third-order valence-corrected chi connectivity index (χ3v) is 8.33. The monoisotopic (exact) mass is 533 g/mol. The van der Waals surface area contributed by atoms with Crippen molar-refractivity contribution in [2.75, 3.05) is 4.72 Å². The van der Waals surface area contributed by atoms with Gasteiger partial charge in [-0.05, 0) is 54.9 Å². The quantitative estimate of drug-likeness (QED) is 0.291. The van der Waals surface area contributed by atoms with Gasteiger partial charge in [-0.15, -0.1) is 0 Å². The molecule has 0 amide bonds. The summed E-state index contributed by atoms with van der Waals surface area (Å²) in [5.74, 6) is 0.0827. The van der Waals surface area contributed by atoms with Crippen LogP contribution in [0.15, 0.2) is 87.4 Å². The molecule has 0 radical (unpaired) electrons. The lowest BCUT2D eigenvalue weighted by Crippen LogP contribution is -2.18. The van der Waals surface area contributed by atoms with Crippen LogP contribution in [0.4, 0.5) is 5.69 Å². The molecule has 2 heterocycles. The maximum atomic E-state index is 13.3. The SMILES string of the molecule is CC[C@@H](Cc1ccccc1)c1cc(O)c(C(c2cccc(NS(=O)(=O)c3cn(C)cn3)c2)C2CC2)c(=O)o1. The smallest absolute Gasteiger partial charge is 0.343 e. The first-order chi connectivity index (χ1) is 18.2. The number of benzene rings is 2. The van der Waals surface area contributed by atoms with Crippen LogP contribution in [0.1, 0.15) is 60.5 Å². The van der Waals surface area contributed by atoms with Crippen LogP contribution >= 0.6 is 0 Å². The van der Waals surface area contributed by atoms with Crippen molar-refractivity contribution in [1.29, 1.82) is 0 Å². The Kier molecular flexibility index (Phi) is 7.12. The van der Waals surface area contributed by atoms with Gasteiger partial charge in [0.05, 0.1) is 11.9 Å². The van der Waals surface area contributed by atoms with Crippen LogP contribution in [-0.2, 0) is 23.5 Å². The number of sulfonamides is 1. The number of aromatic hydroxyl groups is 1. The average molecular weight is 534 g/mol. The zero-order valence-corrected chi connectivity index (χ0v) is 22.2. The molecule has 2 N–H and O–H groups in total. The highest BCUT2D eigenvalue weighted by atomic mass is 32.2. The summed E-state index contributed by atoms with van der Waals surface area (Å²) >= 11 is 0. The largest absolute Gasteiger partial charge is 0.507 e. The lowest BCUT2D eigenvalue weighted by molar-refractivity contribution is 0.379. The second kappa shape index (κ2) is 10.5. The lowest BCUT2D eigenvalue weighted by Gasteiger charge is -2.20. The van der Waals surface area contributed by atoms with Gasteiger partial charge in [-0.2, -0.15) is 8.42 Å². The molecule has 1 aliphatic carbocycles. The van der Waals surface area contributed by atoms with Gasteiger partial charge in [-0.1, -0.05) is 49.4 Å². The summed E-state index contributed by atoms with van der Waals surface area (Å²) in [6, 6.07) is 18.5. The van der Waals surface area contributed by atoms with Crippen molar-refractivity contribution in [3.63, 3.8) is 0 Å². The van der Waals surface area contributed by atoms with E-state index in [0.717, 1.165) is 30.4 Å². The third-order valence-electron chi connectivity index (χ3n) is 7.06. The topological polar surface area (TPSA) is 114 Å². The van der Waals surface area contributed by atoms with Crippen molar-refractivity contribution < 1.29 is 17.9 Å². The van der Waals surface area contributed by atoms with E-state index in [4.69, 9.17) is 4.42 Å². The summed E-state index contributed by atoms with van der Waals surface area (Å²) in [7, 11) is -2.18. The minimum absolute atomic E-state index is 0.0474. The van der Waals surface area contributed by atoms with Crippen LogP contribution in [0.5, 0.6) is 5.75 Å². The van der Waals surface area contributed by atoms with Crippen LogP contribution in [0.3, 0.4) is 0 Å². The van der Waals surface area contributed by atoms with Crippen molar-refractivity contribution in [3.05, 3.63) is 106 Å². The third kappa shape index (κ3) is 5.52. The van der Waals surface area contributed by atoms with E-state index in [1.165, 1.54) is 12.5 Å². The Morgan fingerprint density at radius 3 is 2.53 bits per heavy atom. The molecular weight excluding hydrogens is 502 g/mol. The molecule has 1 aliphatic rings. The Balaban J connectivity index is 1.46. The van der Waals surface area contributed by atoms with Gasteiger partial charge in [-0.25, -0.2) is 9.78 Å². The van der Waals surface area contributed by atoms with Gasteiger partial charge in [0.1, 0.15) is 11.5 Å². The average Bonchev–Trinajstić information content (AvgIpc) is 3.63. The Morgan fingerprint density at radius 1 is 1.13 bits per heavy atom. The number of hydrogen-bond acceptors (Lipinski definition) is 6. The van der Waals surface area contributed by atoms with Gasteiger partial charge in [0.25, 0.3) is 10.0 Å². The Labute approximate surface area is 222 Å². The summed E-state index contributed by atoms with van der Waals surface area (Å²) < 4.78 is 35.5. The van der Waals surface area contributed by atoms with Crippen LogP contribution in [0.2, 0.25) is 0 Å². The van der Waals surface area contributed by atoms with Crippen LogP contribution in [0.25, 0.3) is 0 Å². The molecule has 2 aromatic carbocycles. The molecule has 1 unspecified atom stereocenters. The number of aryl methyl sites for hydroxylation is 1. The Morgan fingerprint density at radius 2 is 1.89 bits per heavy atom. The van der Waals surface area contributed by atoms with Crippen molar-refractivity contribution >= 4 is 15.7 Å². The molecule has 2 aromatic heterocycles. The van der Waals surface area contributed by atoms with E-state index >= 15 is 0 Å². The van der Waals surface area contributed by atoms with Crippen LogP contribution in [-0.4, -0.2) is 23.1 Å². The number of hydrogen-bond donors (Lipinski definition) is 2. The van der Waals surface area contributed by atoms with Crippen molar-refractivity contribution in [1.82, 2.24) is 9.55 Å². The molecule has 38 heavy (non-hydrogen) atoms. The van der Waals surface area contributed by atoms with Gasteiger partial charge in [0.15, 0.2) is 5.03 Å². The van der Waals surface area contributed by atoms with Crippen molar-refractivity contribution in [2.24, 2.45) is 13.0 Å². The van der Waals surface area contributed by atoms with E-state index in [-0.39, 0.29) is 28.2 Å². The van der Waals surface area contributed by atoms with Gasteiger partial charge >= 0.3 is 5.63 Å². The van der Waals surface area contributed by atoms with E-state index < -0.39 is 21.6 Å². The molecular formula is C29H31N3O5S. The molecule has 1 fully saturated rings. The summed E-state index contributed by atoms with van der Waals surface area (Å²) in [6.45, 7) is 2.03. The number of rotatable bonds is 10. The van der Waals surface area contributed by atoms with Crippen molar-refractivity contribution in [3.8, 4) is 5.75 Å². The highest BCUT2D eigenvalue weighted by Crippen LogP contribution is 2.48. The van der Waals surface area contributed by atoms with E-state index in [2.05, 4.69) is 9.71 Å². The molecule has 198 valence electrons. The summed E-state index contributed by atoms with van der Waals surface area (Å²) in [5, 5.41) is 11.0. The van der Waals surface area contributed by atoms with Crippen molar-refractivity contribution in [2.45, 2.75) is 49.5 Å². The maximum Gasteiger partial charge on any atom is 0.343 e. The number of aromatic nitrogens is 2. The number of anilines is 1. The van der Waals surface area contributed by atoms with Crippen LogP contribution < -0.4 is 10.3 Å². The normalized spacial score (nSPS) is 15.2. The number of nitrogens with one attached hydrogen (secondary N) is 1. The van der Waals surface area contributed by atoms with E-state index in [0.29, 0.717) is 17.9 Å². The fraction of sp³-hybridized carbons (Fsp3) is 0.310. The van der Waals surface area contributed by atoms with E-state index in [1.54, 1.807) is 35.9 Å². The zero-order valence-electron chi connectivity index (χ0n) is 21.4. The highest BCUT2D eigenvalue weighted by Gasteiger charge is 2.38. The summed E-state index contributed by atoms with van der Waals surface area (Å²) in [5.41, 5.74) is 1.89. The standard InChI is InChI=1S/C29H31N3O5S/c1-3-20(14-19-8-5-4-6-9-19)25-16-24(33)28(29(34)37-25)27(21-12-13-21)22-10-7-11-23(15-22)31-38(35,36)26-17-32(2)18-30-26/h4-11,15-18,20-21,27,31,33H,3,12-14H2,1-2H3/t20-,27?/m0/s1. The number of imidazole rings is 1. The van der Waals surface area contributed by atoms with Crippen LogP contribution in [0, 0.1) is 5.92 Å². The van der Waals surface area contributed by atoms with E-state index in [9.17, 15) is 18.3 Å². The molecule has 2 atom stereocenters. The first-order valence-electron chi connectivity index (χ1n) is 12.8. The van der Waals surface area contributed by atoms with E-state index in [1.807, 2.05) is 43.3 Å². The van der Waals surface area contributed by atoms with Gasteiger partial charge in [0, 0.05) is 36.8 Å². The molecule has 0 bridgehead atoms. The highest BCUT2D eigenvalue weighted by molar-refractivity contribution is 7.92. The minimum atomic E-state index is -3.88. The Bertz CT molecular complexity index is 1590.